The number of amides is 1. The molecule has 4 heteroatoms. The molecule has 0 saturated carbocycles. The lowest BCUT2D eigenvalue weighted by Gasteiger charge is -2.54. The van der Waals surface area contributed by atoms with E-state index < -0.39 is 0 Å². The minimum atomic E-state index is -0.114. The molecule has 1 amide bonds. The molecule has 1 fully saturated rings. The van der Waals surface area contributed by atoms with Crippen molar-refractivity contribution < 1.29 is 4.79 Å². The van der Waals surface area contributed by atoms with Gasteiger partial charge in [-0.1, -0.05) is 92.7 Å². The molecule has 3 heterocycles. The van der Waals surface area contributed by atoms with Crippen molar-refractivity contribution in [1.29, 1.82) is 0 Å². The number of rotatable bonds is 7. The van der Waals surface area contributed by atoms with Crippen molar-refractivity contribution in [3.05, 3.63) is 107 Å². The van der Waals surface area contributed by atoms with Gasteiger partial charge in [0, 0.05) is 47.6 Å². The van der Waals surface area contributed by atoms with Crippen LogP contribution in [0, 0.1) is 11.3 Å². The van der Waals surface area contributed by atoms with E-state index in [0.29, 0.717) is 13.1 Å². The van der Waals surface area contributed by atoms with Crippen molar-refractivity contribution in [2.24, 2.45) is 11.3 Å². The van der Waals surface area contributed by atoms with Crippen LogP contribution in [0.1, 0.15) is 61.5 Å². The van der Waals surface area contributed by atoms with Crippen molar-refractivity contribution in [3.8, 4) is 0 Å². The van der Waals surface area contributed by atoms with Crippen molar-refractivity contribution in [2.75, 3.05) is 13.1 Å². The van der Waals surface area contributed by atoms with Gasteiger partial charge in [-0.3, -0.25) is 9.69 Å². The van der Waals surface area contributed by atoms with Crippen molar-refractivity contribution in [1.82, 2.24) is 14.8 Å². The highest BCUT2D eigenvalue weighted by atomic mass is 16.2. The summed E-state index contributed by atoms with van der Waals surface area (Å²) in [7, 11) is 0. The third-order valence-electron chi connectivity index (χ3n) is 9.40. The number of hydrogen-bond acceptors (Lipinski definition) is 2. The van der Waals surface area contributed by atoms with Crippen LogP contribution < -0.4 is 0 Å². The largest absolute Gasteiger partial charge is 0.357 e. The lowest BCUT2D eigenvalue weighted by Crippen LogP contribution is -2.54. The molecule has 3 atom stereocenters. The summed E-state index contributed by atoms with van der Waals surface area (Å²) >= 11 is 0. The molecule has 4 aromatic rings. The Morgan fingerprint density at radius 3 is 2.24 bits per heavy atom. The van der Waals surface area contributed by atoms with Crippen LogP contribution in [0.15, 0.2) is 84.9 Å². The molecule has 38 heavy (non-hydrogen) atoms. The Labute approximate surface area is 226 Å². The highest BCUT2D eigenvalue weighted by Crippen LogP contribution is 2.55. The molecule has 6 rings (SSSR count). The van der Waals surface area contributed by atoms with Crippen LogP contribution in [0.5, 0.6) is 0 Å². The average Bonchev–Trinajstić information content (AvgIpc) is 3.35. The zero-order chi connectivity index (χ0) is 26.1. The number of nitrogens with zero attached hydrogens (tertiary/aromatic N) is 2. The summed E-state index contributed by atoms with van der Waals surface area (Å²) in [6.07, 6.45) is 4.29. The SMILES string of the molecule is CC[C@@]1(C(C)C(=O)N(Cc2ccccc2)Cc2ccccc2)CCCN2CCc3c([nH]c4ccccc34)[C@@H]21. The zero-order valence-electron chi connectivity index (χ0n) is 22.7. The number of para-hydroxylation sites is 1. The summed E-state index contributed by atoms with van der Waals surface area (Å²) in [5.74, 6) is 0.176. The zero-order valence-corrected chi connectivity index (χ0v) is 22.7. The second-order valence-electron chi connectivity index (χ2n) is 11.3. The molecule has 2 aliphatic heterocycles. The molecule has 3 aromatic carbocycles. The Morgan fingerprint density at radius 1 is 0.947 bits per heavy atom. The molecule has 2 aliphatic rings. The van der Waals surface area contributed by atoms with Gasteiger partial charge < -0.3 is 9.88 Å². The lowest BCUT2D eigenvalue weighted by molar-refractivity contribution is -0.146. The van der Waals surface area contributed by atoms with E-state index in [1.54, 1.807) is 0 Å². The van der Waals surface area contributed by atoms with Crippen LogP contribution in [0.4, 0.5) is 0 Å². The fourth-order valence-corrected chi connectivity index (χ4v) is 7.40. The summed E-state index contributed by atoms with van der Waals surface area (Å²) < 4.78 is 0. The molecule has 0 radical (unpaired) electrons. The highest BCUT2D eigenvalue weighted by Gasteiger charge is 2.52. The topological polar surface area (TPSA) is 39.3 Å². The van der Waals surface area contributed by atoms with Gasteiger partial charge in [0.25, 0.3) is 0 Å². The van der Waals surface area contributed by atoms with E-state index >= 15 is 0 Å². The number of fused-ring (bicyclic) bond motifs is 5. The van der Waals surface area contributed by atoms with Gasteiger partial charge in [0.1, 0.15) is 0 Å². The maximum Gasteiger partial charge on any atom is 0.226 e. The predicted molar refractivity (Wildman–Crippen MR) is 155 cm³/mol. The van der Waals surface area contributed by atoms with Gasteiger partial charge in [-0.25, -0.2) is 0 Å². The Bertz CT molecular complexity index is 1350. The molecule has 1 aromatic heterocycles. The number of nitrogens with one attached hydrogen (secondary N) is 1. The van der Waals surface area contributed by atoms with Gasteiger partial charge >= 0.3 is 0 Å². The van der Waals surface area contributed by atoms with Crippen LogP contribution in [-0.4, -0.2) is 33.8 Å². The second kappa shape index (κ2) is 10.4. The maximum absolute atomic E-state index is 14.6. The third kappa shape index (κ3) is 4.35. The molecule has 1 saturated heterocycles. The first-order valence-electron chi connectivity index (χ1n) is 14.3. The van der Waals surface area contributed by atoms with Gasteiger partial charge in [0.05, 0.1) is 6.04 Å². The first-order valence-corrected chi connectivity index (χ1v) is 14.3. The van der Waals surface area contributed by atoms with E-state index in [9.17, 15) is 4.79 Å². The lowest BCUT2D eigenvalue weighted by atomic mass is 9.61. The number of hydrogen-bond donors (Lipinski definition) is 1. The van der Waals surface area contributed by atoms with E-state index in [1.165, 1.54) is 33.3 Å². The minimum Gasteiger partial charge on any atom is -0.357 e. The van der Waals surface area contributed by atoms with Crippen molar-refractivity contribution >= 4 is 16.8 Å². The number of carbonyl (C=O) groups excluding carboxylic acids is 1. The summed E-state index contributed by atoms with van der Waals surface area (Å²) in [4.78, 5) is 23.2. The van der Waals surface area contributed by atoms with Crippen molar-refractivity contribution in [3.63, 3.8) is 0 Å². The Balaban J connectivity index is 1.38. The first-order chi connectivity index (χ1) is 18.6. The van der Waals surface area contributed by atoms with E-state index in [2.05, 4.69) is 101 Å². The Hall–Kier alpha value is -3.37. The number of H-pyrrole nitrogens is 1. The second-order valence-corrected chi connectivity index (χ2v) is 11.3. The molecule has 1 unspecified atom stereocenters. The van der Waals surface area contributed by atoms with E-state index in [1.807, 2.05) is 12.1 Å². The Kier molecular flexibility index (Phi) is 6.84. The van der Waals surface area contributed by atoms with E-state index in [4.69, 9.17) is 0 Å². The molecular formula is C34H39N3O. The van der Waals surface area contributed by atoms with Crippen LogP contribution in [-0.2, 0) is 24.3 Å². The standard InChI is InChI=1S/C34H39N3O/c1-3-34(20-12-21-36-22-19-29-28-17-10-11-18-30(28)35-31(29)32(34)36)25(2)33(38)37(23-26-13-6-4-7-14-26)24-27-15-8-5-9-16-27/h4-11,13-18,25,32,35H,3,12,19-24H2,1-2H3/t25?,32-,34+/m1/s1. The van der Waals surface area contributed by atoms with E-state index in [0.717, 1.165) is 38.8 Å². The molecule has 0 spiro atoms. The fourth-order valence-electron chi connectivity index (χ4n) is 7.40. The number of carbonyl (C=O) groups is 1. The fraction of sp³-hybridized carbons (Fsp3) is 0.382. The summed E-state index contributed by atoms with van der Waals surface area (Å²) in [5.41, 5.74) is 6.29. The summed E-state index contributed by atoms with van der Waals surface area (Å²) in [6, 6.07) is 29.8. The van der Waals surface area contributed by atoms with Gasteiger partial charge in [-0.15, -0.1) is 0 Å². The number of benzene rings is 3. The van der Waals surface area contributed by atoms with Gasteiger partial charge in [-0.2, -0.15) is 0 Å². The van der Waals surface area contributed by atoms with Gasteiger partial charge in [-0.05, 0) is 55.0 Å². The van der Waals surface area contributed by atoms with Crippen LogP contribution in [0.25, 0.3) is 10.9 Å². The molecule has 4 nitrogen and oxygen atoms in total. The normalized spacial score (nSPS) is 22.0. The number of aromatic amines is 1. The predicted octanol–water partition coefficient (Wildman–Crippen LogP) is 7.12. The molecule has 1 N–H and O–H groups in total. The molecule has 196 valence electrons. The average molecular weight is 506 g/mol. The quantitative estimate of drug-likeness (QED) is 0.290. The maximum atomic E-state index is 14.6. The molecule has 0 aliphatic carbocycles. The van der Waals surface area contributed by atoms with Crippen LogP contribution in [0.3, 0.4) is 0 Å². The molecular weight excluding hydrogens is 466 g/mol. The smallest absolute Gasteiger partial charge is 0.226 e. The minimum absolute atomic E-state index is 0.0925. The first kappa shape index (κ1) is 24.9. The van der Waals surface area contributed by atoms with E-state index in [-0.39, 0.29) is 23.3 Å². The van der Waals surface area contributed by atoms with Crippen molar-refractivity contribution in [2.45, 2.75) is 58.7 Å². The highest BCUT2D eigenvalue weighted by molar-refractivity contribution is 5.85. The monoisotopic (exact) mass is 505 g/mol. The summed E-state index contributed by atoms with van der Waals surface area (Å²) in [5, 5.41) is 1.35. The summed E-state index contributed by atoms with van der Waals surface area (Å²) in [6.45, 7) is 7.97. The van der Waals surface area contributed by atoms with Crippen LogP contribution in [0.2, 0.25) is 0 Å². The number of aromatic nitrogens is 1. The van der Waals surface area contributed by atoms with Crippen LogP contribution >= 0.6 is 0 Å². The third-order valence-corrected chi connectivity index (χ3v) is 9.40. The molecule has 0 bridgehead atoms. The number of piperidine rings is 1. The Morgan fingerprint density at radius 2 is 1.58 bits per heavy atom. The van der Waals surface area contributed by atoms with Gasteiger partial charge in [0.15, 0.2) is 0 Å². The van der Waals surface area contributed by atoms with Gasteiger partial charge in [0.2, 0.25) is 5.91 Å².